The molecule has 168 valence electrons. The second kappa shape index (κ2) is 9.58. The van der Waals surface area contributed by atoms with Crippen LogP contribution in [0.3, 0.4) is 0 Å². The number of aromatic nitrogens is 1. The number of hydrogen-bond donors (Lipinski definition) is 1. The summed E-state index contributed by atoms with van der Waals surface area (Å²) in [7, 11) is 3.20. The summed E-state index contributed by atoms with van der Waals surface area (Å²) < 4.78 is 16.1. The average molecular weight is 454 g/mol. The number of carbonyl (C=O) groups is 1. The zero-order valence-corrected chi connectivity index (χ0v) is 19.5. The van der Waals surface area contributed by atoms with E-state index in [0.29, 0.717) is 22.1 Å². The number of carbonyl (C=O) groups excluding carboxylic acids is 1. The normalized spacial score (nSPS) is 13.7. The lowest BCUT2D eigenvalue weighted by Crippen LogP contribution is -2.36. The van der Waals surface area contributed by atoms with Crippen molar-refractivity contribution in [1.29, 1.82) is 0 Å². The molecule has 0 radical (unpaired) electrons. The molecule has 0 saturated carbocycles. The Balaban J connectivity index is 1.53. The molecule has 4 rings (SSSR count). The molecule has 1 aromatic heterocycles. The van der Waals surface area contributed by atoms with Crippen LogP contribution in [0, 0.1) is 13.8 Å². The average Bonchev–Trinajstić information content (AvgIpc) is 3.22. The molecule has 0 atom stereocenters. The van der Waals surface area contributed by atoms with Crippen LogP contribution in [0.25, 0.3) is 10.6 Å². The van der Waals surface area contributed by atoms with E-state index in [0.717, 1.165) is 53.8 Å². The van der Waals surface area contributed by atoms with Crippen molar-refractivity contribution in [3.8, 4) is 22.1 Å². The fraction of sp³-hybridized carbons (Fsp3) is 0.333. The number of anilines is 2. The molecule has 1 fully saturated rings. The first-order valence-corrected chi connectivity index (χ1v) is 11.3. The van der Waals surface area contributed by atoms with Crippen molar-refractivity contribution in [3.63, 3.8) is 0 Å². The standard InChI is InChI=1S/C24H27N3O4S/c1-15-13-18(27-9-11-31-12-10-27)6-7-19(15)26-23(28)22-16(2)25-24(32-22)17-5-8-20(29-3)21(14-17)30-4/h5-8,13-14H,9-12H2,1-4H3,(H,26,28). The molecule has 0 spiro atoms. The number of amides is 1. The summed E-state index contributed by atoms with van der Waals surface area (Å²) in [5, 5.41) is 3.80. The van der Waals surface area contributed by atoms with Crippen LogP contribution in [0.2, 0.25) is 0 Å². The molecule has 1 saturated heterocycles. The monoisotopic (exact) mass is 453 g/mol. The maximum atomic E-state index is 13.0. The highest BCUT2D eigenvalue weighted by atomic mass is 32.1. The molecule has 0 unspecified atom stereocenters. The van der Waals surface area contributed by atoms with E-state index in [1.54, 1.807) is 14.2 Å². The Hall–Kier alpha value is -3.10. The van der Waals surface area contributed by atoms with Gasteiger partial charge in [-0.1, -0.05) is 0 Å². The van der Waals surface area contributed by atoms with Gasteiger partial charge < -0.3 is 24.4 Å². The number of hydrogen-bond acceptors (Lipinski definition) is 7. The molecule has 7 nitrogen and oxygen atoms in total. The molecular weight excluding hydrogens is 426 g/mol. The van der Waals surface area contributed by atoms with E-state index in [-0.39, 0.29) is 5.91 Å². The van der Waals surface area contributed by atoms with Crippen LogP contribution in [0.4, 0.5) is 11.4 Å². The van der Waals surface area contributed by atoms with E-state index in [1.807, 2.05) is 44.2 Å². The third-order valence-corrected chi connectivity index (χ3v) is 6.67. The second-order valence-corrected chi connectivity index (χ2v) is 8.56. The van der Waals surface area contributed by atoms with Gasteiger partial charge in [0.15, 0.2) is 11.5 Å². The molecule has 32 heavy (non-hydrogen) atoms. The van der Waals surface area contributed by atoms with Crippen molar-refractivity contribution >= 4 is 28.6 Å². The molecular formula is C24H27N3O4S. The molecule has 1 amide bonds. The summed E-state index contributed by atoms with van der Waals surface area (Å²) in [6.07, 6.45) is 0. The van der Waals surface area contributed by atoms with Crippen LogP contribution in [-0.4, -0.2) is 51.4 Å². The maximum Gasteiger partial charge on any atom is 0.267 e. The minimum atomic E-state index is -0.158. The lowest BCUT2D eigenvalue weighted by molar-refractivity contribution is 0.102. The van der Waals surface area contributed by atoms with Crippen LogP contribution in [0.5, 0.6) is 11.5 Å². The van der Waals surface area contributed by atoms with E-state index >= 15 is 0 Å². The van der Waals surface area contributed by atoms with E-state index in [9.17, 15) is 4.79 Å². The third-order valence-electron chi connectivity index (χ3n) is 5.47. The number of rotatable bonds is 6. The summed E-state index contributed by atoms with van der Waals surface area (Å²) in [4.78, 5) is 20.5. The van der Waals surface area contributed by atoms with Gasteiger partial charge in [-0.05, 0) is 55.8 Å². The van der Waals surface area contributed by atoms with Crippen molar-refractivity contribution in [2.45, 2.75) is 13.8 Å². The molecule has 2 heterocycles. The van der Waals surface area contributed by atoms with Crippen LogP contribution < -0.4 is 19.7 Å². The quantitative estimate of drug-likeness (QED) is 0.591. The van der Waals surface area contributed by atoms with Gasteiger partial charge in [-0.2, -0.15) is 0 Å². The van der Waals surface area contributed by atoms with Gasteiger partial charge in [0.1, 0.15) is 9.88 Å². The predicted octanol–water partition coefficient (Wildman–Crippen LogP) is 4.53. The molecule has 2 aromatic carbocycles. The first-order valence-electron chi connectivity index (χ1n) is 10.4. The summed E-state index contributed by atoms with van der Waals surface area (Å²) >= 11 is 1.36. The number of benzene rings is 2. The number of thiazole rings is 1. The highest BCUT2D eigenvalue weighted by Gasteiger charge is 2.19. The number of methoxy groups -OCH3 is 2. The van der Waals surface area contributed by atoms with Gasteiger partial charge in [0.05, 0.1) is 33.1 Å². The van der Waals surface area contributed by atoms with Gasteiger partial charge in [0.25, 0.3) is 5.91 Å². The summed E-state index contributed by atoms with van der Waals surface area (Å²) in [6, 6.07) is 11.7. The van der Waals surface area contributed by atoms with Crippen LogP contribution in [0.15, 0.2) is 36.4 Å². The van der Waals surface area contributed by atoms with E-state index in [4.69, 9.17) is 14.2 Å². The number of nitrogens with zero attached hydrogens (tertiary/aromatic N) is 2. The van der Waals surface area contributed by atoms with Crippen molar-refractivity contribution in [3.05, 3.63) is 52.5 Å². The summed E-state index contributed by atoms with van der Waals surface area (Å²) in [6.45, 7) is 7.10. The van der Waals surface area contributed by atoms with E-state index in [2.05, 4.69) is 21.3 Å². The molecule has 0 aliphatic carbocycles. The number of ether oxygens (including phenoxy) is 3. The number of aryl methyl sites for hydroxylation is 2. The fourth-order valence-electron chi connectivity index (χ4n) is 3.69. The Labute approximate surface area is 191 Å². The third kappa shape index (κ3) is 4.56. The Bertz CT molecular complexity index is 1120. The minimum Gasteiger partial charge on any atom is -0.493 e. The van der Waals surface area contributed by atoms with Gasteiger partial charge in [-0.3, -0.25) is 4.79 Å². The van der Waals surface area contributed by atoms with Gasteiger partial charge in [0.2, 0.25) is 0 Å². The lowest BCUT2D eigenvalue weighted by Gasteiger charge is -2.29. The first-order chi connectivity index (χ1) is 15.5. The Morgan fingerprint density at radius 1 is 1.06 bits per heavy atom. The van der Waals surface area contributed by atoms with Gasteiger partial charge >= 0.3 is 0 Å². The molecule has 1 N–H and O–H groups in total. The first kappa shape index (κ1) is 22.1. The molecule has 1 aliphatic rings. The van der Waals surface area contributed by atoms with Gasteiger partial charge in [-0.25, -0.2) is 4.98 Å². The molecule has 0 bridgehead atoms. The Kier molecular flexibility index (Phi) is 6.62. The zero-order chi connectivity index (χ0) is 22.7. The highest BCUT2D eigenvalue weighted by Crippen LogP contribution is 2.35. The highest BCUT2D eigenvalue weighted by molar-refractivity contribution is 7.17. The second-order valence-electron chi connectivity index (χ2n) is 7.56. The van der Waals surface area contributed by atoms with Crippen molar-refractivity contribution in [1.82, 2.24) is 4.98 Å². The van der Waals surface area contributed by atoms with Crippen molar-refractivity contribution in [2.75, 3.05) is 50.7 Å². The maximum absolute atomic E-state index is 13.0. The largest absolute Gasteiger partial charge is 0.493 e. The predicted molar refractivity (Wildman–Crippen MR) is 128 cm³/mol. The van der Waals surface area contributed by atoms with Gasteiger partial charge in [0, 0.05) is 30.0 Å². The Morgan fingerprint density at radius 2 is 1.81 bits per heavy atom. The number of morpholine rings is 1. The molecule has 1 aliphatic heterocycles. The fourth-order valence-corrected chi connectivity index (χ4v) is 4.64. The summed E-state index contributed by atoms with van der Waals surface area (Å²) in [5.74, 6) is 1.12. The van der Waals surface area contributed by atoms with Crippen LogP contribution >= 0.6 is 11.3 Å². The lowest BCUT2D eigenvalue weighted by atomic mass is 10.1. The Morgan fingerprint density at radius 3 is 2.50 bits per heavy atom. The molecule has 8 heteroatoms. The topological polar surface area (TPSA) is 72.9 Å². The SMILES string of the molecule is COc1ccc(-c2nc(C)c(C(=O)Nc3ccc(N4CCOCC4)cc3C)s2)cc1OC. The zero-order valence-electron chi connectivity index (χ0n) is 18.7. The van der Waals surface area contributed by atoms with Crippen molar-refractivity contribution < 1.29 is 19.0 Å². The van der Waals surface area contributed by atoms with Crippen LogP contribution in [-0.2, 0) is 4.74 Å². The number of nitrogens with one attached hydrogen (secondary N) is 1. The van der Waals surface area contributed by atoms with E-state index in [1.165, 1.54) is 11.3 Å². The smallest absolute Gasteiger partial charge is 0.267 e. The van der Waals surface area contributed by atoms with Gasteiger partial charge in [-0.15, -0.1) is 11.3 Å². The minimum absolute atomic E-state index is 0.158. The van der Waals surface area contributed by atoms with Crippen LogP contribution in [0.1, 0.15) is 20.9 Å². The van der Waals surface area contributed by atoms with Crippen molar-refractivity contribution in [2.24, 2.45) is 0 Å². The summed E-state index contributed by atoms with van der Waals surface area (Å²) in [5.41, 5.74) is 4.53. The van der Waals surface area contributed by atoms with E-state index < -0.39 is 0 Å². The molecule has 3 aromatic rings.